The summed E-state index contributed by atoms with van der Waals surface area (Å²) in [5.74, 6) is -0.0657. The standard InChI is InChI=1S/C16H19N3O2/c1-12-11-14(20)7-9-18(12)16(21)15-8-10-19(17-15)13-5-3-2-4-6-13/h2-6,8,10,12,14,20H,7,9,11H2,1H3/t12-,14-/m0/s1. The van der Waals surface area contributed by atoms with Crippen molar-refractivity contribution in [3.05, 3.63) is 48.3 Å². The summed E-state index contributed by atoms with van der Waals surface area (Å²) in [6.45, 7) is 2.55. The molecular weight excluding hydrogens is 266 g/mol. The third-order valence-corrected chi connectivity index (χ3v) is 3.94. The van der Waals surface area contributed by atoms with E-state index >= 15 is 0 Å². The predicted octanol–water partition coefficient (Wildman–Crippen LogP) is 1.86. The van der Waals surface area contributed by atoms with Gasteiger partial charge in [0.05, 0.1) is 11.8 Å². The Morgan fingerprint density at radius 2 is 2.05 bits per heavy atom. The molecule has 1 aromatic heterocycles. The van der Waals surface area contributed by atoms with E-state index in [9.17, 15) is 9.90 Å². The second-order valence-electron chi connectivity index (χ2n) is 5.51. The molecule has 2 aromatic rings. The summed E-state index contributed by atoms with van der Waals surface area (Å²) in [4.78, 5) is 14.3. The molecule has 1 fully saturated rings. The Kier molecular flexibility index (Phi) is 3.75. The summed E-state index contributed by atoms with van der Waals surface area (Å²) in [6.07, 6.45) is 2.76. The van der Waals surface area contributed by atoms with Gasteiger partial charge in [0.1, 0.15) is 0 Å². The molecule has 1 amide bonds. The molecule has 0 spiro atoms. The second kappa shape index (κ2) is 5.69. The highest BCUT2D eigenvalue weighted by molar-refractivity contribution is 5.92. The van der Waals surface area contributed by atoms with E-state index in [4.69, 9.17) is 0 Å². The van der Waals surface area contributed by atoms with Crippen molar-refractivity contribution in [3.8, 4) is 5.69 Å². The second-order valence-corrected chi connectivity index (χ2v) is 5.51. The van der Waals surface area contributed by atoms with Gasteiger partial charge in [0.2, 0.25) is 0 Å². The zero-order chi connectivity index (χ0) is 14.8. The summed E-state index contributed by atoms with van der Waals surface area (Å²) in [5.41, 5.74) is 1.38. The fourth-order valence-electron chi connectivity index (χ4n) is 2.76. The Morgan fingerprint density at radius 1 is 1.29 bits per heavy atom. The third kappa shape index (κ3) is 2.83. The topological polar surface area (TPSA) is 58.4 Å². The normalized spacial score (nSPS) is 22.3. The number of rotatable bonds is 2. The van der Waals surface area contributed by atoms with Crippen LogP contribution in [0.5, 0.6) is 0 Å². The number of aromatic nitrogens is 2. The van der Waals surface area contributed by atoms with Crippen molar-refractivity contribution in [1.29, 1.82) is 0 Å². The first-order chi connectivity index (χ1) is 10.1. The lowest BCUT2D eigenvalue weighted by molar-refractivity contribution is 0.0360. The van der Waals surface area contributed by atoms with Gasteiger partial charge in [0, 0.05) is 18.8 Å². The highest BCUT2D eigenvalue weighted by Crippen LogP contribution is 2.19. The molecule has 1 aromatic carbocycles. The van der Waals surface area contributed by atoms with Gasteiger partial charge in [-0.3, -0.25) is 4.79 Å². The van der Waals surface area contributed by atoms with Crippen molar-refractivity contribution in [3.63, 3.8) is 0 Å². The smallest absolute Gasteiger partial charge is 0.274 e. The van der Waals surface area contributed by atoms with E-state index in [1.807, 2.05) is 37.3 Å². The Hall–Kier alpha value is -2.14. The van der Waals surface area contributed by atoms with Gasteiger partial charge in [-0.05, 0) is 38.0 Å². The van der Waals surface area contributed by atoms with Crippen LogP contribution in [0.15, 0.2) is 42.6 Å². The molecule has 1 aliphatic heterocycles. The van der Waals surface area contributed by atoms with Crippen molar-refractivity contribution in [1.82, 2.24) is 14.7 Å². The molecule has 2 heterocycles. The van der Waals surface area contributed by atoms with Crippen LogP contribution in [0.3, 0.4) is 0 Å². The van der Waals surface area contributed by atoms with Crippen LogP contribution in [0.25, 0.3) is 5.69 Å². The minimum atomic E-state index is -0.300. The number of hydrogen-bond donors (Lipinski definition) is 1. The molecule has 1 aliphatic rings. The first-order valence-corrected chi connectivity index (χ1v) is 7.25. The number of para-hydroxylation sites is 1. The van der Waals surface area contributed by atoms with E-state index in [2.05, 4.69) is 5.10 Å². The van der Waals surface area contributed by atoms with E-state index in [1.54, 1.807) is 21.8 Å². The molecule has 0 bridgehead atoms. The maximum Gasteiger partial charge on any atom is 0.274 e. The highest BCUT2D eigenvalue weighted by atomic mass is 16.3. The van der Waals surface area contributed by atoms with Crippen LogP contribution in [0.2, 0.25) is 0 Å². The van der Waals surface area contributed by atoms with Gasteiger partial charge in [-0.2, -0.15) is 5.10 Å². The molecule has 1 N–H and O–H groups in total. The van der Waals surface area contributed by atoms with Crippen molar-refractivity contribution in [2.24, 2.45) is 0 Å². The maximum atomic E-state index is 12.5. The molecule has 0 saturated carbocycles. The Labute approximate surface area is 123 Å². The molecule has 2 atom stereocenters. The van der Waals surface area contributed by atoms with Crippen molar-refractivity contribution in [2.45, 2.75) is 31.9 Å². The Bertz CT molecular complexity index is 623. The zero-order valence-electron chi connectivity index (χ0n) is 12.0. The largest absolute Gasteiger partial charge is 0.393 e. The van der Waals surface area contributed by atoms with Crippen molar-refractivity contribution in [2.75, 3.05) is 6.54 Å². The number of piperidine rings is 1. The van der Waals surface area contributed by atoms with Crippen LogP contribution < -0.4 is 0 Å². The first kappa shape index (κ1) is 13.8. The van der Waals surface area contributed by atoms with Gasteiger partial charge in [-0.15, -0.1) is 0 Å². The van der Waals surface area contributed by atoms with Gasteiger partial charge in [0.25, 0.3) is 5.91 Å². The summed E-state index contributed by atoms with van der Waals surface area (Å²) in [7, 11) is 0. The number of amides is 1. The minimum Gasteiger partial charge on any atom is -0.393 e. The monoisotopic (exact) mass is 285 g/mol. The molecular formula is C16H19N3O2. The van der Waals surface area contributed by atoms with E-state index in [0.29, 0.717) is 25.1 Å². The van der Waals surface area contributed by atoms with Gasteiger partial charge in [-0.25, -0.2) is 4.68 Å². The number of aliphatic hydroxyl groups excluding tert-OH is 1. The lowest BCUT2D eigenvalue weighted by Crippen LogP contribution is -2.46. The number of carbonyl (C=O) groups is 1. The molecule has 5 nitrogen and oxygen atoms in total. The fourth-order valence-corrected chi connectivity index (χ4v) is 2.76. The lowest BCUT2D eigenvalue weighted by Gasteiger charge is -2.35. The molecule has 0 aliphatic carbocycles. The van der Waals surface area contributed by atoms with E-state index in [1.165, 1.54) is 0 Å². The van der Waals surface area contributed by atoms with Gasteiger partial charge in [0.15, 0.2) is 5.69 Å². The quantitative estimate of drug-likeness (QED) is 0.916. The highest BCUT2D eigenvalue weighted by Gasteiger charge is 2.29. The Balaban J connectivity index is 1.78. The van der Waals surface area contributed by atoms with Crippen LogP contribution in [0.1, 0.15) is 30.3 Å². The van der Waals surface area contributed by atoms with Crippen LogP contribution in [-0.4, -0.2) is 44.4 Å². The number of benzene rings is 1. The summed E-state index contributed by atoms with van der Waals surface area (Å²) in [5, 5.41) is 14.0. The first-order valence-electron chi connectivity index (χ1n) is 7.25. The van der Waals surface area contributed by atoms with Crippen LogP contribution in [-0.2, 0) is 0 Å². The molecule has 3 rings (SSSR count). The van der Waals surface area contributed by atoms with E-state index in [0.717, 1.165) is 5.69 Å². The lowest BCUT2D eigenvalue weighted by atomic mass is 10.0. The maximum absolute atomic E-state index is 12.5. The number of hydrogen-bond acceptors (Lipinski definition) is 3. The average molecular weight is 285 g/mol. The summed E-state index contributed by atoms with van der Waals surface area (Å²) in [6, 6.07) is 11.5. The van der Waals surface area contributed by atoms with Crippen LogP contribution in [0, 0.1) is 0 Å². The van der Waals surface area contributed by atoms with Crippen LogP contribution in [0.4, 0.5) is 0 Å². The predicted molar refractivity (Wildman–Crippen MR) is 79.3 cm³/mol. The van der Waals surface area contributed by atoms with Gasteiger partial charge in [-0.1, -0.05) is 18.2 Å². The number of carbonyl (C=O) groups excluding carboxylic acids is 1. The molecule has 21 heavy (non-hydrogen) atoms. The molecule has 0 unspecified atom stereocenters. The number of likely N-dealkylation sites (tertiary alicyclic amines) is 1. The number of nitrogens with zero attached hydrogens (tertiary/aromatic N) is 3. The molecule has 0 radical (unpaired) electrons. The SMILES string of the molecule is C[C@H]1C[C@@H](O)CCN1C(=O)c1ccn(-c2ccccc2)n1. The molecule has 110 valence electrons. The summed E-state index contributed by atoms with van der Waals surface area (Å²) < 4.78 is 1.71. The average Bonchev–Trinajstić information content (AvgIpc) is 2.97. The Morgan fingerprint density at radius 3 is 2.76 bits per heavy atom. The van der Waals surface area contributed by atoms with E-state index < -0.39 is 0 Å². The summed E-state index contributed by atoms with van der Waals surface area (Å²) >= 11 is 0. The fraction of sp³-hybridized carbons (Fsp3) is 0.375. The third-order valence-electron chi connectivity index (χ3n) is 3.94. The van der Waals surface area contributed by atoms with Gasteiger partial charge >= 0.3 is 0 Å². The van der Waals surface area contributed by atoms with Crippen molar-refractivity contribution >= 4 is 5.91 Å². The number of aliphatic hydroxyl groups is 1. The molecule has 1 saturated heterocycles. The van der Waals surface area contributed by atoms with Crippen molar-refractivity contribution < 1.29 is 9.90 Å². The van der Waals surface area contributed by atoms with Crippen LogP contribution >= 0.6 is 0 Å². The molecule has 5 heteroatoms. The minimum absolute atomic E-state index is 0.0446. The van der Waals surface area contributed by atoms with Gasteiger partial charge < -0.3 is 10.0 Å². The van der Waals surface area contributed by atoms with E-state index in [-0.39, 0.29) is 18.1 Å². The zero-order valence-corrected chi connectivity index (χ0v) is 12.0.